The fourth-order valence-corrected chi connectivity index (χ4v) is 0.983. The van der Waals surface area contributed by atoms with Gasteiger partial charge in [0, 0.05) is 0 Å². The lowest BCUT2D eigenvalue weighted by molar-refractivity contribution is -0.167. The van der Waals surface area contributed by atoms with E-state index < -0.39 is 17.4 Å². The molecule has 0 aliphatic rings. The van der Waals surface area contributed by atoms with E-state index in [9.17, 15) is 9.59 Å². The van der Waals surface area contributed by atoms with E-state index in [-0.39, 0.29) is 13.2 Å². The monoisotopic (exact) mass is 214 g/mol. The highest BCUT2D eigenvalue weighted by Crippen LogP contribution is 2.28. The number of rotatable bonds is 5. The van der Waals surface area contributed by atoms with Crippen LogP contribution in [0, 0.1) is 5.41 Å². The Bertz CT molecular complexity index is 250. The number of hydrogen-bond acceptors (Lipinski definition) is 4. The average molecular weight is 214 g/mol. The van der Waals surface area contributed by atoms with Crippen molar-refractivity contribution >= 4 is 11.9 Å². The Kier molecular flexibility index (Phi) is 5.05. The van der Waals surface area contributed by atoms with E-state index in [1.54, 1.807) is 20.8 Å². The lowest BCUT2D eigenvalue weighted by Gasteiger charge is -2.24. The van der Waals surface area contributed by atoms with E-state index in [1.165, 1.54) is 6.92 Å². The molecule has 0 aliphatic carbocycles. The second-order valence-electron chi connectivity index (χ2n) is 3.35. The molecular formula is C11H18O4. The van der Waals surface area contributed by atoms with Gasteiger partial charge in [-0.15, -0.1) is 0 Å². The van der Waals surface area contributed by atoms with Gasteiger partial charge in [0.1, 0.15) is 0 Å². The molecule has 86 valence electrons. The smallest absolute Gasteiger partial charge is 0.327 e. The van der Waals surface area contributed by atoms with E-state index in [4.69, 9.17) is 9.47 Å². The topological polar surface area (TPSA) is 52.6 Å². The predicted octanol–water partition coefficient (Wildman–Crippen LogP) is 1.70. The van der Waals surface area contributed by atoms with Gasteiger partial charge < -0.3 is 9.47 Å². The number of esters is 2. The summed E-state index contributed by atoms with van der Waals surface area (Å²) in [7, 11) is 0. The summed E-state index contributed by atoms with van der Waals surface area (Å²) in [6, 6.07) is 0. The third kappa shape index (κ3) is 2.81. The van der Waals surface area contributed by atoms with Crippen LogP contribution in [-0.2, 0) is 19.1 Å². The van der Waals surface area contributed by atoms with Gasteiger partial charge in [-0.05, 0) is 27.7 Å². The van der Waals surface area contributed by atoms with Crippen LogP contribution in [0.2, 0.25) is 0 Å². The van der Waals surface area contributed by atoms with Crippen LogP contribution >= 0.6 is 0 Å². The zero-order valence-corrected chi connectivity index (χ0v) is 9.75. The lowest BCUT2D eigenvalue weighted by atomic mass is 9.84. The van der Waals surface area contributed by atoms with Gasteiger partial charge in [0.25, 0.3) is 0 Å². The van der Waals surface area contributed by atoms with Gasteiger partial charge in [0.15, 0.2) is 5.41 Å². The molecule has 0 fully saturated rings. The summed E-state index contributed by atoms with van der Waals surface area (Å²) >= 11 is 0. The Morgan fingerprint density at radius 2 is 1.47 bits per heavy atom. The highest BCUT2D eigenvalue weighted by molar-refractivity contribution is 6.02. The number of hydrogen-bond donors (Lipinski definition) is 0. The summed E-state index contributed by atoms with van der Waals surface area (Å²) in [5.41, 5.74) is -0.981. The molecule has 0 amide bonds. The molecule has 0 rings (SSSR count). The van der Waals surface area contributed by atoms with Crippen molar-refractivity contribution in [1.29, 1.82) is 0 Å². The van der Waals surface area contributed by atoms with Crippen LogP contribution in [0.5, 0.6) is 0 Å². The average Bonchev–Trinajstić information content (AvgIpc) is 2.16. The molecule has 15 heavy (non-hydrogen) atoms. The summed E-state index contributed by atoms with van der Waals surface area (Å²) in [5.74, 6) is -1.23. The highest BCUT2D eigenvalue weighted by atomic mass is 16.6. The number of carbonyl (C=O) groups is 2. The first-order valence-corrected chi connectivity index (χ1v) is 4.91. The van der Waals surface area contributed by atoms with Crippen molar-refractivity contribution in [1.82, 2.24) is 0 Å². The van der Waals surface area contributed by atoms with Crippen molar-refractivity contribution in [3.63, 3.8) is 0 Å². The first kappa shape index (κ1) is 13.7. The van der Waals surface area contributed by atoms with Crippen molar-refractivity contribution in [2.24, 2.45) is 5.41 Å². The third-order valence-corrected chi connectivity index (χ3v) is 2.22. The maximum atomic E-state index is 11.6. The van der Waals surface area contributed by atoms with Crippen molar-refractivity contribution < 1.29 is 19.1 Å². The molecule has 4 nitrogen and oxygen atoms in total. The molecule has 0 spiro atoms. The molecule has 0 N–H and O–H groups in total. The maximum Gasteiger partial charge on any atom is 0.327 e. The third-order valence-electron chi connectivity index (χ3n) is 2.22. The SMILES string of the molecule is C=C(C)C(C)(C(=O)OCC)C(=O)OCC. The Morgan fingerprint density at radius 3 is 1.67 bits per heavy atom. The van der Waals surface area contributed by atoms with Crippen LogP contribution in [-0.4, -0.2) is 25.2 Å². The lowest BCUT2D eigenvalue weighted by Crippen LogP contribution is -2.40. The molecule has 0 aromatic rings. The standard InChI is InChI=1S/C11H18O4/c1-6-14-9(12)11(5,8(3)4)10(13)15-7-2/h3,6-7H2,1-2,4-5H3. The van der Waals surface area contributed by atoms with Crippen molar-refractivity contribution in [3.05, 3.63) is 12.2 Å². The molecule has 0 saturated carbocycles. The van der Waals surface area contributed by atoms with E-state index in [2.05, 4.69) is 6.58 Å². The molecule has 0 aromatic carbocycles. The van der Waals surface area contributed by atoms with Crippen molar-refractivity contribution in [2.45, 2.75) is 27.7 Å². The molecule has 0 radical (unpaired) electrons. The molecule has 0 saturated heterocycles. The zero-order chi connectivity index (χ0) is 12.1. The largest absolute Gasteiger partial charge is 0.465 e. The molecule has 0 atom stereocenters. The fourth-order valence-electron chi connectivity index (χ4n) is 0.983. The van der Waals surface area contributed by atoms with Crippen LogP contribution in [0.15, 0.2) is 12.2 Å². The van der Waals surface area contributed by atoms with E-state index in [0.717, 1.165) is 0 Å². The number of carbonyl (C=O) groups excluding carboxylic acids is 2. The van der Waals surface area contributed by atoms with Crippen LogP contribution in [0.25, 0.3) is 0 Å². The first-order valence-electron chi connectivity index (χ1n) is 4.91. The van der Waals surface area contributed by atoms with Gasteiger partial charge in [0.05, 0.1) is 13.2 Å². The number of ether oxygens (including phenoxy) is 2. The quantitative estimate of drug-likeness (QED) is 0.397. The molecule has 0 aliphatic heterocycles. The summed E-state index contributed by atoms with van der Waals surface area (Å²) in [4.78, 5) is 23.3. The summed E-state index contributed by atoms with van der Waals surface area (Å²) in [6.45, 7) is 10.5. The highest BCUT2D eigenvalue weighted by Gasteiger charge is 2.45. The van der Waals surface area contributed by atoms with Gasteiger partial charge in [-0.25, -0.2) is 0 Å². The van der Waals surface area contributed by atoms with E-state index in [0.29, 0.717) is 5.57 Å². The molecule has 4 heteroatoms. The van der Waals surface area contributed by atoms with Crippen molar-refractivity contribution in [2.75, 3.05) is 13.2 Å². The first-order chi connectivity index (χ1) is 6.91. The molecular weight excluding hydrogens is 196 g/mol. The minimum atomic E-state index is -1.40. The van der Waals surface area contributed by atoms with Gasteiger partial charge >= 0.3 is 11.9 Å². The molecule has 0 bridgehead atoms. The Labute approximate surface area is 90.2 Å². The summed E-state index contributed by atoms with van der Waals surface area (Å²) in [5, 5.41) is 0. The van der Waals surface area contributed by atoms with E-state index in [1.807, 2.05) is 0 Å². The minimum Gasteiger partial charge on any atom is -0.465 e. The van der Waals surface area contributed by atoms with Gasteiger partial charge in [-0.2, -0.15) is 0 Å². The molecule has 0 unspecified atom stereocenters. The minimum absolute atomic E-state index is 0.223. The second-order valence-corrected chi connectivity index (χ2v) is 3.35. The van der Waals surface area contributed by atoms with Gasteiger partial charge in [0.2, 0.25) is 0 Å². The van der Waals surface area contributed by atoms with Crippen LogP contribution in [0.3, 0.4) is 0 Å². The van der Waals surface area contributed by atoms with Crippen LogP contribution in [0.1, 0.15) is 27.7 Å². The van der Waals surface area contributed by atoms with Crippen molar-refractivity contribution in [3.8, 4) is 0 Å². The maximum absolute atomic E-state index is 11.6. The van der Waals surface area contributed by atoms with Crippen LogP contribution < -0.4 is 0 Å². The van der Waals surface area contributed by atoms with Crippen LogP contribution in [0.4, 0.5) is 0 Å². The van der Waals surface area contributed by atoms with Gasteiger partial charge in [-0.1, -0.05) is 12.2 Å². The Hall–Kier alpha value is -1.32. The molecule has 0 aromatic heterocycles. The Morgan fingerprint density at radius 1 is 1.13 bits per heavy atom. The zero-order valence-electron chi connectivity index (χ0n) is 9.75. The normalized spacial score (nSPS) is 10.7. The fraction of sp³-hybridized carbons (Fsp3) is 0.636. The summed E-state index contributed by atoms with van der Waals surface area (Å²) in [6.07, 6.45) is 0. The Balaban J connectivity index is 4.97. The molecule has 0 heterocycles. The van der Waals surface area contributed by atoms with Gasteiger partial charge in [-0.3, -0.25) is 9.59 Å². The second kappa shape index (κ2) is 5.53. The summed E-state index contributed by atoms with van der Waals surface area (Å²) < 4.78 is 9.67. The predicted molar refractivity (Wildman–Crippen MR) is 56.2 cm³/mol. The van der Waals surface area contributed by atoms with E-state index >= 15 is 0 Å².